The quantitative estimate of drug-likeness (QED) is 0.890. The van der Waals surface area contributed by atoms with Crippen LogP contribution in [0.2, 0.25) is 0 Å². The first kappa shape index (κ1) is 12.2. The molecule has 0 unspecified atom stereocenters. The predicted molar refractivity (Wildman–Crippen MR) is 68.4 cm³/mol. The first-order valence-electron chi connectivity index (χ1n) is 5.59. The Hall–Kier alpha value is -2.30. The van der Waals surface area contributed by atoms with Crippen molar-refractivity contribution in [2.24, 2.45) is 0 Å². The van der Waals surface area contributed by atoms with Crippen LogP contribution in [-0.2, 0) is 6.54 Å². The Bertz CT molecular complexity index is 504. The predicted octanol–water partition coefficient (Wildman–Crippen LogP) is 1.67. The van der Waals surface area contributed by atoms with Gasteiger partial charge in [-0.25, -0.2) is 4.98 Å². The lowest BCUT2D eigenvalue weighted by molar-refractivity contribution is 0.0950. The number of hydrogen-bond donors (Lipinski definition) is 1. The molecule has 0 radical (unpaired) electrons. The summed E-state index contributed by atoms with van der Waals surface area (Å²) < 4.78 is 4.85. The number of anilines is 1. The SMILES string of the molecule is CN(C)c1ccc(CNC(=O)c2ccoc2)cn1. The molecule has 94 valence electrons. The maximum atomic E-state index is 11.7. The highest BCUT2D eigenvalue weighted by Gasteiger charge is 2.06. The van der Waals surface area contributed by atoms with Crippen molar-refractivity contribution in [3.63, 3.8) is 0 Å². The van der Waals surface area contributed by atoms with E-state index in [2.05, 4.69) is 10.3 Å². The molecule has 0 aliphatic rings. The molecule has 1 amide bonds. The molecule has 1 N–H and O–H groups in total. The Morgan fingerprint density at radius 3 is 2.78 bits per heavy atom. The second-order valence-electron chi connectivity index (χ2n) is 4.11. The number of nitrogens with zero attached hydrogens (tertiary/aromatic N) is 2. The van der Waals surface area contributed by atoms with E-state index in [-0.39, 0.29) is 5.91 Å². The average Bonchev–Trinajstić information content (AvgIpc) is 2.90. The number of nitrogens with one attached hydrogen (secondary N) is 1. The summed E-state index contributed by atoms with van der Waals surface area (Å²) in [6.07, 6.45) is 4.65. The largest absolute Gasteiger partial charge is 0.472 e. The van der Waals surface area contributed by atoms with E-state index in [0.29, 0.717) is 12.1 Å². The summed E-state index contributed by atoms with van der Waals surface area (Å²) in [4.78, 5) is 17.9. The molecular formula is C13H15N3O2. The second-order valence-corrected chi connectivity index (χ2v) is 4.11. The van der Waals surface area contributed by atoms with Gasteiger partial charge in [0.2, 0.25) is 0 Å². The van der Waals surface area contributed by atoms with Gasteiger partial charge in [-0.3, -0.25) is 4.79 Å². The minimum Gasteiger partial charge on any atom is -0.472 e. The molecule has 2 heterocycles. The van der Waals surface area contributed by atoms with Gasteiger partial charge >= 0.3 is 0 Å². The van der Waals surface area contributed by atoms with Crippen molar-refractivity contribution in [2.75, 3.05) is 19.0 Å². The van der Waals surface area contributed by atoms with E-state index in [0.717, 1.165) is 11.4 Å². The molecule has 0 bridgehead atoms. The van der Waals surface area contributed by atoms with E-state index >= 15 is 0 Å². The van der Waals surface area contributed by atoms with Crippen molar-refractivity contribution in [3.8, 4) is 0 Å². The maximum absolute atomic E-state index is 11.7. The molecule has 0 saturated heterocycles. The number of pyridine rings is 1. The van der Waals surface area contributed by atoms with Crippen LogP contribution in [0.1, 0.15) is 15.9 Å². The fraction of sp³-hybridized carbons (Fsp3) is 0.231. The van der Waals surface area contributed by atoms with Crippen molar-refractivity contribution in [1.29, 1.82) is 0 Å². The van der Waals surface area contributed by atoms with E-state index < -0.39 is 0 Å². The minimum atomic E-state index is -0.152. The number of carbonyl (C=O) groups excluding carboxylic acids is 1. The van der Waals surface area contributed by atoms with Gasteiger partial charge in [0.05, 0.1) is 11.8 Å². The molecule has 18 heavy (non-hydrogen) atoms. The third kappa shape index (κ3) is 2.88. The smallest absolute Gasteiger partial charge is 0.254 e. The van der Waals surface area contributed by atoms with E-state index in [1.807, 2.05) is 31.1 Å². The molecule has 0 aliphatic carbocycles. The Balaban J connectivity index is 1.92. The van der Waals surface area contributed by atoms with Gasteiger partial charge in [-0.05, 0) is 17.7 Å². The summed E-state index contributed by atoms with van der Waals surface area (Å²) >= 11 is 0. The van der Waals surface area contributed by atoms with Crippen molar-refractivity contribution < 1.29 is 9.21 Å². The number of aromatic nitrogens is 1. The van der Waals surface area contributed by atoms with Crippen molar-refractivity contribution in [1.82, 2.24) is 10.3 Å². The summed E-state index contributed by atoms with van der Waals surface area (Å²) in [7, 11) is 3.87. The summed E-state index contributed by atoms with van der Waals surface area (Å²) in [5.74, 6) is 0.736. The Morgan fingerprint density at radius 1 is 1.39 bits per heavy atom. The molecule has 5 nitrogen and oxygen atoms in total. The van der Waals surface area contributed by atoms with Crippen LogP contribution in [0.5, 0.6) is 0 Å². The van der Waals surface area contributed by atoms with E-state index in [1.54, 1.807) is 12.3 Å². The molecule has 0 spiro atoms. The van der Waals surface area contributed by atoms with Crippen LogP contribution in [0.25, 0.3) is 0 Å². The molecule has 2 aromatic rings. The zero-order valence-corrected chi connectivity index (χ0v) is 10.4. The molecule has 5 heteroatoms. The van der Waals surface area contributed by atoms with Gasteiger partial charge in [0.15, 0.2) is 0 Å². The van der Waals surface area contributed by atoms with Crippen molar-refractivity contribution in [2.45, 2.75) is 6.54 Å². The third-order valence-electron chi connectivity index (χ3n) is 2.50. The van der Waals surface area contributed by atoms with Crippen LogP contribution in [0.3, 0.4) is 0 Å². The fourth-order valence-electron chi connectivity index (χ4n) is 1.46. The Morgan fingerprint density at radius 2 is 2.22 bits per heavy atom. The molecular weight excluding hydrogens is 230 g/mol. The van der Waals surface area contributed by atoms with Crippen LogP contribution in [0.4, 0.5) is 5.82 Å². The zero-order valence-electron chi connectivity index (χ0n) is 10.4. The summed E-state index contributed by atoms with van der Waals surface area (Å²) in [6.45, 7) is 0.449. The molecule has 0 saturated carbocycles. The molecule has 0 aliphatic heterocycles. The summed E-state index contributed by atoms with van der Waals surface area (Å²) in [5.41, 5.74) is 1.48. The van der Waals surface area contributed by atoms with E-state index in [9.17, 15) is 4.79 Å². The maximum Gasteiger partial charge on any atom is 0.254 e. The van der Waals surface area contributed by atoms with Crippen molar-refractivity contribution >= 4 is 11.7 Å². The molecule has 0 aromatic carbocycles. The first-order valence-corrected chi connectivity index (χ1v) is 5.59. The molecule has 2 rings (SSSR count). The van der Waals surface area contributed by atoms with Crippen LogP contribution < -0.4 is 10.2 Å². The zero-order chi connectivity index (χ0) is 13.0. The van der Waals surface area contributed by atoms with Crippen LogP contribution >= 0.6 is 0 Å². The standard InChI is InChI=1S/C13H15N3O2/c1-16(2)12-4-3-10(7-14-12)8-15-13(17)11-5-6-18-9-11/h3-7,9H,8H2,1-2H3,(H,15,17). The average molecular weight is 245 g/mol. The van der Waals surface area contributed by atoms with Gasteiger partial charge in [-0.2, -0.15) is 0 Å². The summed E-state index contributed by atoms with van der Waals surface area (Å²) in [6, 6.07) is 5.49. The lowest BCUT2D eigenvalue weighted by Crippen LogP contribution is -2.22. The normalized spacial score (nSPS) is 10.1. The van der Waals surface area contributed by atoms with Crippen LogP contribution in [0.15, 0.2) is 41.3 Å². The lowest BCUT2D eigenvalue weighted by Gasteiger charge is -2.11. The fourth-order valence-corrected chi connectivity index (χ4v) is 1.46. The minimum absolute atomic E-state index is 0.152. The van der Waals surface area contributed by atoms with Crippen LogP contribution in [0, 0.1) is 0 Å². The van der Waals surface area contributed by atoms with Gasteiger partial charge in [0.1, 0.15) is 12.1 Å². The molecule has 2 aromatic heterocycles. The van der Waals surface area contributed by atoms with Gasteiger partial charge in [0.25, 0.3) is 5.91 Å². The highest BCUT2D eigenvalue weighted by molar-refractivity contribution is 5.93. The highest BCUT2D eigenvalue weighted by atomic mass is 16.3. The highest BCUT2D eigenvalue weighted by Crippen LogP contribution is 2.08. The van der Waals surface area contributed by atoms with E-state index in [1.165, 1.54) is 12.5 Å². The topological polar surface area (TPSA) is 58.4 Å². The van der Waals surface area contributed by atoms with Gasteiger partial charge in [-0.1, -0.05) is 6.07 Å². The van der Waals surface area contributed by atoms with Crippen LogP contribution in [-0.4, -0.2) is 25.0 Å². The third-order valence-corrected chi connectivity index (χ3v) is 2.50. The second kappa shape index (κ2) is 5.35. The van der Waals surface area contributed by atoms with Gasteiger partial charge < -0.3 is 14.6 Å². The number of carbonyl (C=O) groups is 1. The monoisotopic (exact) mass is 245 g/mol. The van der Waals surface area contributed by atoms with Crippen molar-refractivity contribution in [3.05, 3.63) is 48.0 Å². The van der Waals surface area contributed by atoms with E-state index in [4.69, 9.17) is 4.42 Å². The van der Waals surface area contributed by atoms with Gasteiger partial charge in [0, 0.05) is 26.8 Å². The number of rotatable bonds is 4. The lowest BCUT2D eigenvalue weighted by atomic mass is 10.2. The molecule has 0 atom stereocenters. The summed E-state index contributed by atoms with van der Waals surface area (Å²) in [5, 5.41) is 2.80. The Labute approximate surface area is 105 Å². The first-order chi connectivity index (χ1) is 8.66. The Kier molecular flexibility index (Phi) is 3.62. The number of furan rings is 1. The number of amides is 1. The van der Waals surface area contributed by atoms with Gasteiger partial charge in [-0.15, -0.1) is 0 Å². The molecule has 0 fully saturated rings. The number of hydrogen-bond acceptors (Lipinski definition) is 4.